The Hall–Kier alpha value is -1.82. The molecule has 138 valence electrons. The summed E-state index contributed by atoms with van der Waals surface area (Å²) in [5.74, 6) is 1.52. The van der Waals surface area contributed by atoms with Crippen LogP contribution in [0.5, 0.6) is 11.5 Å². The predicted molar refractivity (Wildman–Crippen MR) is 118 cm³/mol. The fourth-order valence-electron chi connectivity index (χ4n) is 2.38. The molecule has 0 bridgehead atoms. The summed E-state index contributed by atoms with van der Waals surface area (Å²) in [6.07, 6.45) is 1.79. The number of rotatable bonds is 6. The lowest BCUT2D eigenvalue weighted by atomic mass is 10.2. The van der Waals surface area contributed by atoms with Gasteiger partial charge in [0.2, 0.25) is 0 Å². The molecule has 0 saturated carbocycles. The molecule has 27 heavy (non-hydrogen) atoms. The second-order valence-electron chi connectivity index (χ2n) is 5.68. The standard InChI is InChI=1S/C21H16Br2ClNO2/c1-26-19-8-6-18(7-9-19)25-12-15-10-16(22)11-20(23)21(15)27-13-14-2-4-17(24)5-3-14/h2-12H,13H2,1H3. The van der Waals surface area contributed by atoms with Crippen molar-refractivity contribution in [1.82, 2.24) is 0 Å². The maximum Gasteiger partial charge on any atom is 0.142 e. The minimum Gasteiger partial charge on any atom is -0.497 e. The van der Waals surface area contributed by atoms with E-state index in [4.69, 9.17) is 21.1 Å². The van der Waals surface area contributed by atoms with Crippen LogP contribution >= 0.6 is 43.5 Å². The van der Waals surface area contributed by atoms with Crippen LogP contribution in [-0.2, 0) is 6.61 Å². The molecule has 0 aromatic heterocycles. The summed E-state index contributed by atoms with van der Waals surface area (Å²) in [7, 11) is 1.64. The Morgan fingerprint density at radius 2 is 1.70 bits per heavy atom. The molecule has 6 heteroatoms. The van der Waals surface area contributed by atoms with E-state index in [9.17, 15) is 0 Å². The van der Waals surface area contributed by atoms with E-state index in [1.807, 2.05) is 60.7 Å². The van der Waals surface area contributed by atoms with Crippen molar-refractivity contribution in [1.29, 1.82) is 0 Å². The molecule has 0 aliphatic rings. The zero-order chi connectivity index (χ0) is 19.2. The quantitative estimate of drug-likeness (QED) is 0.329. The van der Waals surface area contributed by atoms with Gasteiger partial charge in [-0.3, -0.25) is 4.99 Å². The fourth-order valence-corrected chi connectivity index (χ4v) is 3.88. The second-order valence-corrected chi connectivity index (χ2v) is 7.88. The molecule has 3 aromatic rings. The summed E-state index contributed by atoms with van der Waals surface area (Å²) in [5.41, 5.74) is 2.73. The molecule has 3 aromatic carbocycles. The van der Waals surface area contributed by atoms with Crippen molar-refractivity contribution >= 4 is 55.4 Å². The molecule has 0 spiro atoms. The average molecular weight is 510 g/mol. The first-order valence-electron chi connectivity index (χ1n) is 8.09. The molecule has 3 nitrogen and oxygen atoms in total. The van der Waals surface area contributed by atoms with Gasteiger partial charge in [-0.2, -0.15) is 0 Å². The highest BCUT2D eigenvalue weighted by atomic mass is 79.9. The van der Waals surface area contributed by atoms with Crippen molar-refractivity contribution in [2.45, 2.75) is 6.61 Å². The molecule has 0 amide bonds. The van der Waals surface area contributed by atoms with Gasteiger partial charge in [-0.05, 0) is 70.0 Å². The summed E-state index contributed by atoms with van der Waals surface area (Å²) in [6.45, 7) is 0.431. The molecule has 0 fully saturated rings. The van der Waals surface area contributed by atoms with Crippen LogP contribution in [0.3, 0.4) is 0 Å². The van der Waals surface area contributed by atoms with Gasteiger partial charge in [0, 0.05) is 21.3 Å². The molecule has 0 atom stereocenters. The number of methoxy groups -OCH3 is 1. The van der Waals surface area contributed by atoms with Crippen molar-refractivity contribution in [2.24, 2.45) is 4.99 Å². The normalized spacial score (nSPS) is 11.0. The monoisotopic (exact) mass is 507 g/mol. The summed E-state index contributed by atoms with van der Waals surface area (Å²) < 4.78 is 13.0. The second kappa shape index (κ2) is 9.40. The van der Waals surface area contributed by atoms with Crippen LogP contribution < -0.4 is 9.47 Å². The van der Waals surface area contributed by atoms with Gasteiger partial charge in [-0.15, -0.1) is 0 Å². The van der Waals surface area contributed by atoms with Crippen LogP contribution in [0.15, 0.2) is 74.6 Å². The van der Waals surface area contributed by atoms with E-state index >= 15 is 0 Å². The number of hydrogen-bond donors (Lipinski definition) is 0. The first kappa shape index (κ1) is 19.9. The van der Waals surface area contributed by atoms with Crippen LogP contribution in [0.25, 0.3) is 0 Å². The molecule has 0 aliphatic heterocycles. The van der Waals surface area contributed by atoms with Gasteiger partial charge >= 0.3 is 0 Å². The molecule has 0 radical (unpaired) electrons. The van der Waals surface area contributed by atoms with Gasteiger partial charge in [-0.1, -0.05) is 39.7 Å². The number of hydrogen-bond acceptors (Lipinski definition) is 3. The summed E-state index contributed by atoms with van der Waals surface area (Å²) >= 11 is 13.0. The van der Waals surface area contributed by atoms with Gasteiger partial charge in [0.25, 0.3) is 0 Å². The van der Waals surface area contributed by atoms with E-state index < -0.39 is 0 Å². The molecule has 0 unspecified atom stereocenters. The van der Waals surface area contributed by atoms with Crippen molar-refractivity contribution in [3.05, 3.63) is 85.8 Å². The highest BCUT2D eigenvalue weighted by molar-refractivity contribution is 9.11. The van der Waals surface area contributed by atoms with E-state index in [-0.39, 0.29) is 0 Å². The van der Waals surface area contributed by atoms with Crippen molar-refractivity contribution in [2.75, 3.05) is 7.11 Å². The minimum atomic E-state index is 0.431. The van der Waals surface area contributed by atoms with Crippen molar-refractivity contribution in [3.8, 4) is 11.5 Å². The third kappa shape index (κ3) is 5.58. The van der Waals surface area contributed by atoms with E-state index in [0.717, 1.165) is 37.3 Å². The highest BCUT2D eigenvalue weighted by Gasteiger charge is 2.10. The zero-order valence-corrected chi connectivity index (χ0v) is 18.4. The Morgan fingerprint density at radius 3 is 2.37 bits per heavy atom. The van der Waals surface area contributed by atoms with Crippen LogP contribution in [0, 0.1) is 0 Å². The Morgan fingerprint density at radius 1 is 1.00 bits per heavy atom. The smallest absolute Gasteiger partial charge is 0.142 e. The first-order valence-corrected chi connectivity index (χ1v) is 10.1. The van der Waals surface area contributed by atoms with Crippen molar-refractivity contribution in [3.63, 3.8) is 0 Å². The number of aliphatic imine (C=N–C) groups is 1. The summed E-state index contributed by atoms with van der Waals surface area (Å²) in [6, 6.07) is 19.1. The zero-order valence-electron chi connectivity index (χ0n) is 14.5. The predicted octanol–water partition coefficient (Wildman–Crippen LogP) is 7.20. The van der Waals surface area contributed by atoms with E-state index in [2.05, 4.69) is 36.9 Å². The topological polar surface area (TPSA) is 30.8 Å². The van der Waals surface area contributed by atoms with Gasteiger partial charge < -0.3 is 9.47 Å². The third-order valence-electron chi connectivity index (χ3n) is 3.76. The van der Waals surface area contributed by atoms with Crippen LogP contribution in [0.4, 0.5) is 5.69 Å². The lowest BCUT2D eigenvalue weighted by Gasteiger charge is -2.12. The van der Waals surface area contributed by atoms with Gasteiger partial charge in [0.1, 0.15) is 18.1 Å². The number of benzene rings is 3. The van der Waals surface area contributed by atoms with Crippen LogP contribution in [-0.4, -0.2) is 13.3 Å². The number of nitrogens with zero attached hydrogens (tertiary/aromatic N) is 1. The SMILES string of the molecule is COc1ccc(N=Cc2cc(Br)cc(Br)c2OCc2ccc(Cl)cc2)cc1. The van der Waals surface area contributed by atoms with E-state index in [0.29, 0.717) is 11.6 Å². The van der Waals surface area contributed by atoms with Gasteiger partial charge in [-0.25, -0.2) is 0 Å². The molecule has 3 rings (SSSR count). The first-order chi connectivity index (χ1) is 13.0. The van der Waals surface area contributed by atoms with Crippen molar-refractivity contribution < 1.29 is 9.47 Å². The van der Waals surface area contributed by atoms with E-state index in [1.165, 1.54) is 0 Å². The lowest BCUT2D eigenvalue weighted by Crippen LogP contribution is -1.99. The number of halogens is 3. The fraction of sp³-hybridized carbons (Fsp3) is 0.0952. The maximum atomic E-state index is 6.05. The Kier molecular flexibility index (Phi) is 6.94. The summed E-state index contributed by atoms with van der Waals surface area (Å²) in [5, 5.41) is 0.705. The van der Waals surface area contributed by atoms with Crippen LogP contribution in [0.2, 0.25) is 5.02 Å². The largest absolute Gasteiger partial charge is 0.497 e. The maximum absolute atomic E-state index is 6.05. The van der Waals surface area contributed by atoms with E-state index in [1.54, 1.807) is 13.3 Å². The third-order valence-corrected chi connectivity index (χ3v) is 5.06. The Bertz CT molecular complexity index is 942. The Balaban J connectivity index is 1.82. The minimum absolute atomic E-state index is 0.431. The molecular weight excluding hydrogens is 493 g/mol. The van der Waals surface area contributed by atoms with Crippen LogP contribution in [0.1, 0.15) is 11.1 Å². The van der Waals surface area contributed by atoms with Gasteiger partial charge in [0.15, 0.2) is 0 Å². The Labute approximate surface area is 180 Å². The van der Waals surface area contributed by atoms with Gasteiger partial charge in [0.05, 0.1) is 17.3 Å². The molecule has 0 N–H and O–H groups in total. The number of ether oxygens (including phenoxy) is 2. The molecule has 0 heterocycles. The summed E-state index contributed by atoms with van der Waals surface area (Å²) in [4.78, 5) is 4.54. The highest BCUT2D eigenvalue weighted by Crippen LogP contribution is 2.33. The molecule has 0 saturated heterocycles. The lowest BCUT2D eigenvalue weighted by molar-refractivity contribution is 0.304. The molecular formula is C21H16Br2ClNO2. The average Bonchev–Trinajstić information content (AvgIpc) is 2.67. The molecule has 0 aliphatic carbocycles.